The van der Waals surface area contributed by atoms with Crippen LogP contribution in [0.25, 0.3) is 0 Å². The summed E-state index contributed by atoms with van der Waals surface area (Å²) in [7, 11) is 0. The van der Waals surface area contributed by atoms with Gasteiger partial charge in [0, 0.05) is 0 Å². The van der Waals surface area contributed by atoms with Crippen molar-refractivity contribution in [2.24, 2.45) is 5.92 Å². The lowest BCUT2D eigenvalue weighted by atomic mass is 9.90. The predicted octanol–water partition coefficient (Wildman–Crippen LogP) is 4.16. The standard InChI is InChI=1S/C20H26N2O3S2/c1-13(2)20(4,12-21)22-17(23)14(3)25-18(24)15-6-8-16(9-7-15)19-26-10-5-11-27-19/h6-9,13-14,19H,5,10-11H2,1-4H3,(H,22,23). The first-order valence-corrected chi connectivity index (χ1v) is 11.1. The predicted molar refractivity (Wildman–Crippen MR) is 111 cm³/mol. The number of amides is 1. The summed E-state index contributed by atoms with van der Waals surface area (Å²) >= 11 is 3.84. The smallest absolute Gasteiger partial charge is 0.338 e. The molecule has 2 atom stereocenters. The summed E-state index contributed by atoms with van der Waals surface area (Å²) in [4.78, 5) is 24.6. The molecule has 5 nitrogen and oxygen atoms in total. The maximum atomic E-state index is 12.3. The summed E-state index contributed by atoms with van der Waals surface area (Å²) in [6.45, 7) is 6.87. The molecule has 27 heavy (non-hydrogen) atoms. The lowest BCUT2D eigenvalue weighted by molar-refractivity contribution is -0.130. The second-order valence-electron chi connectivity index (χ2n) is 7.05. The van der Waals surface area contributed by atoms with E-state index >= 15 is 0 Å². The van der Waals surface area contributed by atoms with Crippen molar-refractivity contribution in [1.29, 1.82) is 5.26 Å². The highest BCUT2D eigenvalue weighted by Crippen LogP contribution is 2.43. The Morgan fingerprint density at radius 1 is 1.22 bits per heavy atom. The molecule has 0 saturated carbocycles. The zero-order valence-electron chi connectivity index (χ0n) is 16.2. The van der Waals surface area contributed by atoms with Crippen LogP contribution in [0.1, 0.15) is 54.6 Å². The lowest BCUT2D eigenvalue weighted by Crippen LogP contribution is -2.52. The maximum Gasteiger partial charge on any atom is 0.338 e. The van der Waals surface area contributed by atoms with Crippen LogP contribution in [0, 0.1) is 17.2 Å². The van der Waals surface area contributed by atoms with Gasteiger partial charge in [-0.3, -0.25) is 4.79 Å². The fourth-order valence-corrected chi connectivity index (χ4v) is 5.29. The van der Waals surface area contributed by atoms with Gasteiger partial charge in [0.15, 0.2) is 6.10 Å². The third-order valence-corrected chi connectivity index (χ3v) is 7.68. The fraction of sp³-hybridized carbons (Fsp3) is 0.550. The van der Waals surface area contributed by atoms with Crippen LogP contribution < -0.4 is 5.32 Å². The molecule has 2 unspecified atom stereocenters. The Hall–Kier alpha value is -1.65. The first kappa shape index (κ1) is 21.6. The number of carbonyl (C=O) groups is 2. The van der Waals surface area contributed by atoms with Crippen LogP contribution in [0.15, 0.2) is 24.3 Å². The van der Waals surface area contributed by atoms with Crippen LogP contribution in [0.3, 0.4) is 0 Å². The van der Waals surface area contributed by atoms with E-state index in [1.165, 1.54) is 18.9 Å². The van der Waals surface area contributed by atoms with Gasteiger partial charge in [-0.25, -0.2) is 4.79 Å². The summed E-state index contributed by atoms with van der Waals surface area (Å²) < 4.78 is 5.69. The number of ether oxygens (including phenoxy) is 1. The van der Waals surface area contributed by atoms with Gasteiger partial charge in [0.1, 0.15) is 5.54 Å². The van der Waals surface area contributed by atoms with Crippen molar-refractivity contribution in [3.63, 3.8) is 0 Å². The molecule has 0 radical (unpaired) electrons. The Morgan fingerprint density at radius 2 is 1.81 bits per heavy atom. The number of nitrogens with one attached hydrogen (secondary N) is 1. The molecule has 7 heteroatoms. The summed E-state index contributed by atoms with van der Waals surface area (Å²) in [5.74, 6) is 1.22. The van der Waals surface area contributed by atoms with Crippen LogP contribution in [-0.2, 0) is 9.53 Å². The molecule has 1 aliphatic heterocycles. The number of nitriles is 1. The maximum absolute atomic E-state index is 12.3. The van der Waals surface area contributed by atoms with E-state index in [0.717, 1.165) is 11.5 Å². The van der Waals surface area contributed by atoms with Crippen molar-refractivity contribution in [2.75, 3.05) is 11.5 Å². The molecular weight excluding hydrogens is 380 g/mol. The van der Waals surface area contributed by atoms with Gasteiger partial charge in [0.2, 0.25) is 0 Å². The van der Waals surface area contributed by atoms with Gasteiger partial charge in [-0.1, -0.05) is 26.0 Å². The van der Waals surface area contributed by atoms with E-state index < -0.39 is 23.5 Å². The van der Waals surface area contributed by atoms with Gasteiger partial charge in [0.25, 0.3) is 5.91 Å². The van der Waals surface area contributed by atoms with E-state index in [9.17, 15) is 14.9 Å². The number of benzene rings is 1. The largest absolute Gasteiger partial charge is 0.449 e. The Balaban J connectivity index is 1.95. The first-order chi connectivity index (χ1) is 12.8. The highest BCUT2D eigenvalue weighted by molar-refractivity contribution is 8.16. The molecule has 0 aliphatic carbocycles. The topological polar surface area (TPSA) is 79.2 Å². The fourth-order valence-electron chi connectivity index (χ4n) is 2.40. The molecular formula is C20H26N2O3S2. The zero-order valence-corrected chi connectivity index (χ0v) is 17.8. The molecule has 146 valence electrons. The van der Waals surface area contributed by atoms with Crippen LogP contribution >= 0.6 is 23.5 Å². The van der Waals surface area contributed by atoms with Crippen LogP contribution in [0.4, 0.5) is 0 Å². The van der Waals surface area contributed by atoms with E-state index in [4.69, 9.17) is 4.74 Å². The zero-order chi connectivity index (χ0) is 20.0. The molecule has 1 N–H and O–H groups in total. The molecule has 1 saturated heterocycles. The van der Waals surface area contributed by atoms with Crippen LogP contribution in [0.2, 0.25) is 0 Å². The monoisotopic (exact) mass is 406 g/mol. The van der Waals surface area contributed by atoms with E-state index in [0.29, 0.717) is 10.1 Å². The van der Waals surface area contributed by atoms with Gasteiger partial charge in [-0.15, -0.1) is 23.5 Å². The van der Waals surface area contributed by atoms with Gasteiger partial charge in [0.05, 0.1) is 16.2 Å². The first-order valence-electron chi connectivity index (χ1n) is 9.04. The van der Waals surface area contributed by atoms with Crippen molar-refractivity contribution < 1.29 is 14.3 Å². The quantitative estimate of drug-likeness (QED) is 0.715. The van der Waals surface area contributed by atoms with E-state index in [2.05, 4.69) is 11.4 Å². The van der Waals surface area contributed by atoms with Crippen molar-refractivity contribution in [2.45, 2.75) is 50.3 Å². The second kappa shape index (κ2) is 9.52. The Labute approximate surface area is 169 Å². The molecule has 1 aliphatic rings. The van der Waals surface area contributed by atoms with Gasteiger partial charge in [-0.05, 0) is 55.4 Å². The van der Waals surface area contributed by atoms with Gasteiger partial charge in [-0.2, -0.15) is 5.26 Å². The number of hydrogen-bond donors (Lipinski definition) is 1. The molecule has 0 spiro atoms. The van der Waals surface area contributed by atoms with Crippen LogP contribution in [0.5, 0.6) is 0 Å². The summed E-state index contributed by atoms with van der Waals surface area (Å²) in [5.41, 5.74) is 0.597. The minimum Gasteiger partial charge on any atom is -0.449 e. The number of nitrogens with zero attached hydrogens (tertiary/aromatic N) is 1. The number of thioether (sulfide) groups is 2. The summed E-state index contributed by atoms with van der Waals surface area (Å²) in [6, 6.07) is 9.49. The molecule has 1 heterocycles. The van der Waals surface area contributed by atoms with Crippen molar-refractivity contribution in [1.82, 2.24) is 5.32 Å². The van der Waals surface area contributed by atoms with E-state index in [1.807, 2.05) is 49.5 Å². The minimum atomic E-state index is -1.01. The summed E-state index contributed by atoms with van der Waals surface area (Å²) in [6.07, 6.45) is 0.255. The average molecular weight is 407 g/mol. The van der Waals surface area contributed by atoms with Crippen molar-refractivity contribution in [3.05, 3.63) is 35.4 Å². The molecule has 1 aromatic carbocycles. The highest BCUT2D eigenvalue weighted by atomic mass is 32.2. The minimum absolute atomic E-state index is 0.0718. The number of esters is 1. The van der Waals surface area contributed by atoms with Crippen molar-refractivity contribution >= 4 is 35.4 Å². The Kier molecular flexibility index (Phi) is 7.63. The Morgan fingerprint density at radius 3 is 2.33 bits per heavy atom. The summed E-state index contributed by atoms with van der Waals surface area (Å²) in [5, 5.41) is 12.0. The molecule has 2 rings (SSSR count). The molecule has 0 aromatic heterocycles. The molecule has 0 bridgehead atoms. The normalized spacial score (nSPS) is 18.2. The number of hydrogen-bond acceptors (Lipinski definition) is 6. The molecule has 1 amide bonds. The third kappa shape index (κ3) is 5.66. The van der Waals surface area contributed by atoms with Crippen LogP contribution in [-0.4, -0.2) is 35.0 Å². The molecule has 1 fully saturated rings. The average Bonchev–Trinajstić information content (AvgIpc) is 2.68. The Bertz CT molecular complexity index is 709. The van der Waals surface area contributed by atoms with E-state index in [-0.39, 0.29) is 5.92 Å². The van der Waals surface area contributed by atoms with Gasteiger partial charge >= 0.3 is 5.97 Å². The third-order valence-electron chi connectivity index (χ3n) is 4.67. The van der Waals surface area contributed by atoms with Crippen molar-refractivity contribution in [3.8, 4) is 6.07 Å². The van der Waals surface area contributed by atoms with E-state index in [1.54, 1.807) is 19.1 Å². The highest BCUT2D eigenvalue weighted by Gasteiger charge is 2.32. The SMILES string of the molecule is CC(OC(=O)c1ccc(C2SCCCS2)cc1)C(=O)NC(C)(C#N)C(C)C. The molecule has 1 aromatic rings. The lowest BCUT2D eigenvalue weighted by Gasteiger charge is -2.28. The second-order valence-corrected chi connectivity index (χ2v) is 9.78. The number of rotatable bonds is 6. The van der Waals surface area contributed by atoms with Gasteiger partial charge < -0.3 is 10.1 Å². The number of carbonyl (C=O) groups excluding carboxylic acids is 2.